The maximum absolute atomic E-state index is 12.4. The molecular weight excluding hydrogens is 272 g/mol. The number of nitrogens with zero attached hydrogens (tertiary/aromatic N) is 4. The Morgan fingerprint density at radius 3 is 2.62 bits per heavy atom. The molecule has 0 radical (unpaired) electrons. The third kappa shape index (κ3) is 2.76. The van der Waals surface area contributed by atoms with Crippen molar-refractivity contribution in [2.75, 3.05) is 7.05 Å². The van der Waals surface area contributed by atoms with Crippen LogP contribution in [0, 0.1) is 0 Å². The zero-order valence-electron chi connectivity index (χ0n) is 12.0. The van der Waals surface area contributed by atoms with Gasteiger partial charge in [-0.2, -0.15) is 0 Å². The minimum Gasteiger partial charge on any atom is -0.480 e. The molecule has 1 aromatic carbocycles. The van der Waals surface area contributed by atoms with E-state index in [0.717, 1.165) is 0 Å². The van der Waals surface area contributed by atoms with E-state index in [1.165, 1.54) is 36.7 Å². The summed E-state index contributed by atoms with van der Waals surface area (Å²) in [6.45, 7) is 2.96. The zero-order valence-corrected chi connectivity index (χ0v) is 12.0. The molecule has 0 saturated carbocycles. The van der Waals surface area contributed by atoms with Crippen molar-refractivity contribution < 1.29 is 14.7 Å². The average molecular weight is 288 g/mol. The molecule has 0 saturated heterocycles. The molecule has 0 aliphatic carbocycles. The van der Waals surface area contributed by atoms with Gasteiger partial charge < -0.3 is 10.0 Å². The smallest absolute Gasteiger partial charge is 0.329 e. The topological polar surface area (TPSA) is 88.3 Å². The molecule has 0 spiro atoms. The number of carboxylic acids is 1. The molecule has 0 unspecified atom stereocenters. The second-order valence-corrected chi connectivity index (χ2v) is 5.13. The van der Waals surface area contributed by atoms with Gasteiger partial charge >= 0.3 is 5.97 Å². The van der Waals surface area contributed by atoms with Gasteiger partial charge in [0.25, 0.3) is 5.91 Å². The fourth-order valence-corrected chi connectivity index (χ4v) is 1.72. The molecule has 7 nitrogen and oxygen atoms in total. The molecule has 1 amide bonds. The number of carbonyl (C=O) groups excluding carboxylic acids is 1. The van der Waals surface area contributed by atoms with Gasteiger partial charge in [-0.15, -0.1) is 5.10 Å². The second-order valence-electron chi connectivity index (χ2n) is 5.13. The van der Waals surface area contributed by atoms with Gasteiger partial charge in [-0.1, -0.05) is 11.3 Å². The number of benzene rings is 1. The summed E-state index contributed by atoms with van der Waals surface area (Å²) in [6.07, 6.45) is 3.20. The quantitative estimate of drug-likeness (QED) is 0.913. The Morgan fingerprint density at radius 1 is 1.33 bits per heavy atom. The summed E-state index contributed by atoms with van der Waals surface area (Å²) in [5, 5.41) is 16.8. The van der Waals surface area contributed by atoms with Crippen LogP contribution in [0.4, 0.5) is 0 Å². The predicted molar refractivity (Wildman–Crippen MR) is 75.2 cm³/mol. The average Bonchev–Trinajstić information content (AvgIpc) is 2.99. The largest absolute Gasteiger partial charge is 0.480 e. The van der Waals surface area contributed by atoms with E-state index in [0.29, 0.717) is 11.3 Å². The number of aromatic nitrogens is 3. The van der Waals surface area contributed by atoms with E-state index in [1.807, 2.05) is 0 Å². The number of likely N-dealkylation sites (N-methyl/N-ethyl adjacent to an activating group) is 1. The van der Waals surface area contributed by atoms with Crippen LogP contribution in [-0.4, -0.2) is 49.5 Å². The van der Waals surface area contributed by atoms with Crippen LogP contribution in [0.2, 0.25) is 0 Å². The highest BCUT2D eigenvalue weighted by molar-refractivity contribution is 5.97. The maximum Gasteiger partial charge on any atom is 0.329 e. The van der Waals surface area contributed by atoms with Gasteiger partial charge in [0.1, 0.15) is 5.54 Å². The first-order valence-electron chi connectivity index (χ1n) is 6.32. The molecule has 2 aromatic rings. The van der Waals surface area contributed by atoms with E-state index in [1.54, 1.807) is 30.5 Å². The van der Waals surface area contributed by atoms with E-state index in [-0.39, 0.29) is 5.91 Å². The van der Waals surface area contributed by atoms with Crippen LogP contribution in [0.5, 0.6) is 0 Å². The minimum absolute atomic E-state index is 0.371. The van der Waals surface area contributed by atoms with Crippen molar-refractivity contribution in [2.45, 2.75) is 19.4 Å². The van der Waals surface area contributed by atoms with Crippen molar-refractivity contribution in [1.29, 1.82) is 0 Å². The lowest BCUT2D eigenvalue weighted by Crippen LogP contribution is -2.50. The van der Waals surface area contributed by atoms with Crippen LogP contribution in [-0.2, 0) is 4.79 Å². The number of rotatable bonds is 4. The second kappa shape index (κ2) is 5.35. The molecule has 1 heterocycles. The molecule has 0 aliphatic heterocycles. The first-order chi connectivity index (χ1) is 9.84. The molecule has 0 aliphatic rings. The monoisotopic (exact) mass is 288 g/mol. The van der Waals surface area contributed by atoms with Gasteiger partial charge in [0.15, 0.2) is 0 Å². The minimum atomic E-state index is -1.29. The van der Waals surface area contributed by atoms with Gasteiger partial charge in [0.2, 0.25) is 0 Å². The molecule has 7 heteroatoms. The summed E-state index contributed by atoms with van der Waals surface area (Å²) < 4.78 is 1.53. The maximum atomic E-state index is 12.4. The van der Waals surface area contributed by atoms with Gasteiger partial charge in [0, 0.05) is 12.6 Å². The normalized spacial score (nSPS) is 11.2. The number of hydrogen-bond donors (Lipinski definition) is 1. The van der Waals surface area contributed by atoms with Crippen molar-refractivity contribution in [2.24, 2.45) is 0 Å². The Labute approximate surface area is 121 Å². The van der Waals surface area contributed by atoms with Crippen LogP contribution in [0.3, 0.4) is 0 Å². The molecule has 2 rings (SSSR count). The fourth-order valence-electron chi connectivity index (χ4n) is 1.72. The van der Waals surface area contributed by atoms with Crippen molar-refractivity contribution in [3.05, 3.63) is 42.2 Å². The van der Waals surface area contributed by atoms with Crippen LogP contribution < -0.4 is 0 Å². The van der Waals surface area contributed by atoms with Gasteiger partial charge in [-0.3, -0.25) is 4.79 Å². The summed E-state index contributed by atoms with van der Waals surface area (Å²) in [7, 11) is 1.47. The first kappa shape index (κ1) is 14.7. The van der Waals surface area contributed by atoms with E-state index in [9.17, 15) is 14.7 Å². The Morgan fingerprint density at radius 2 is 2.05 bits per heavy atom. The zero-order chi connectivity index (χ0) is 15.6. The Balaban J connectivity index is 2.32. The summed E-state index contributed by atoms with van der Waals surface area (Å²) in [6, 6.07) is 6.78. The van der Waals surface area contributed by atoms with Crippen molar-refractivity contribution in [3.8, 4) is 5.69 Å². The molecule has 110 valence electrons. The fraction of sp³-hybridized carbons (Fsp3) is 0.286. The Hall–Kier alpha value is -2.70. The number of carbonyl (C=O) groups is 2. The molecule has 1 aromatic heterocycles. The third-order valence-corrected chi connectivity index (χ3v) is 3.45. The molecular formula is C14H16N4O3. The number of amides is 1. The Kier molecular flexibility index (Phi) is 3.75. The highest BCUT2D eigenvalue weighted by Gasteiger charge is 2.35. The summed E-state index contributed by atoms with van der Waals surface area (Å²) in [5.41, 5.74) is -0.222. The number of carboxylic acid groups (broad SMARTS) is 1. The molecule has 0 bridgehead atoms. The Bertz CT molecular complexity index is 665. The summed E-state index contributed by atoms with van der Waals surface area (Å²) >= 11 is 0. The standard InChI is InChI=1S/C14H16N4O3/c1-14(2,13(20)21)17(3)12(19)10-5-4-6-11(9-10)18-8-7-15-16-18/h4-9H,1-3H3,(H,20,21). The van der Waals surface area contributed by atoms with E-state index in [2.05, 4.69) is 10.3 Å². The molecule has 0 atom stereocenters. The van der Waals surface area contributed by atoms with Crippen molar-refractivity contribution in [3.63, 3.8) is 0 Å². The van der Waals surface area contributed by atoms with Gasteiger partial charge in [-0.05, 0) is 32.0 Å². The predicted octanol–water partition coefficient (Wildman–Crippen LogP) is 1.20. The highest BCUT2D eigenvalue weighted by atomic mass is 16.4. The molecule has 0 fully saturated rings. The van der Waals surface area contributed by atoms with Crippen LogP contribution in [0.1, 0.15) is 24.2 Å². The lowest BCUT2D eigenvalue weighted by Gasteiger charge is -2.31. The van der Waals surface area contributed by atoms with Crippen LogP contribution in [0.15, 0.2) is 36.7 Å². The third-order valence-electron chi connectivity index (χ3n) is 3.45. The van der Waals surface area contributed by atoms with Crippen LogP contribution >= 0.6 is 0 Å². The number of aliphatic carboxylic acids is 1. The van der Waals surface area contributed by atoms with Gasteiger partial charge in [0.05, 0.1) is 18.1 Å². The van der Waals surface area contributed by atoms with E-state index in [4.69, 9.17) is 0 Å². The highest BCUT2D eigenvalue weighted by Crippen LogP contribution is 2.18. The van der Waals surface area contributed by atoms with E-state index < -0.39 is 11.5 Å². The van der Waals surface area contributed by atoms with Crippen molar-refractivity contribution >= 4 is 11.9 Å². The summed E-state index contributed by atoms with van der Waals surface area (Å²) in [4.78, 5) is 24.9. The molecule has 21 heavy (non-hydrogen) atoms. The SMILES string of the molecule is CN(C(=O)c1cccc(-n2ccnn2)c1)C(C)(C)C(=O)O. The lowest BCUT2D eigenvalue weighted by atomic mass is 10.0. The van der Waals surface area contributed by atoms with Gasteiger partial charge in [-0.25, -0.2) is 9.48 Å². The van der Waals surface area contributed by atoms with Crippen LogP contribution in [0.25, 0.3) is 5.69 Å². The summed E-state index contributed by atoms with van der Waals surface area (Å²) in [5.74, 6) is -1.44. The lowest BCUT2D eigenvalue weighted by molar-refractivity contribution is -0.147. The first-order valence-corrected chi connectivity index (χ1v) is 6.32. The number of hydrogen-bond acceptors (Lipinski definition) is 4. The molecule has 1 N–H and O–H groups in total. The van der Waals surface area contributed by atoms with E-state index >= 15 is 0 Å². The van der Waals surface area contributed by atoms with Crippen molar-refractivity contribution in [1.82, 2.24) is 19.9 Å².